The van der Waals surface area contributed by atoms with Crippen molar-refractivity contribution in [3.05, 3.63) is 81.9 Å². The summed E-state index contributed by atoms with van der Waals surface area (Å²) in [6.45, 7) is 0. The first kappa shape index (κ1) is 14.7. The standard InChI is InChI=1S/C19H12BrN3O/c20-13-2-3-14-12(9-13)1-4-16-18(14)17(11-5-7-23-8-6-11)15(10-21)19(22)24-16/h1-9,17H,22H2/t17-/m1/s1. The number of hydrogen-bond acceptors (Lipinski definition) is 4. The van der Waals surface area contributed by atoms with E-state index in [4.69, 9.17) is 10.5 Å². The predicted octanol–water partition coefficient (Wildman–Crippen LogP) is 4.22. The van der Waals surface area contributed by atoms with E-state index in [1.807, 2.05) is 42.5 Å². The van der Waals surface area contributed by atoms with Crippen LogP contribution in [0, 0.1) is 11.3 Å². The van der Waals surface area contributed by atoms with Gasteiger partial charge >= 0.3 is 0 Å². The molecule has 3 aromatic rings. The van der Waals surface area contributed by atoms with Gasteiger partial charge in [-0.1, -0.05) is 28.1 Å². The molecule has 0 spiro atoms. The molecule has 116 valence electrons. The minimum absolute atomic E-state index is 0.156. The summed E-state index contributed by atoms with van der Waals surface area (Å²) in [4.78, 5) is 4.07. The van der Waals surface area contributed by atoms with Gasteiger partial charge in [-0.05, 0) is 46.7 Å². The highest BCUT2D eigenvalue weighted by molar-refractivity contribution is 9.10. The van der Waals surface area contributed by atoms with Crippen LogP contribution in [0.15, 0.2) is 70.8 Å². The molecule has 0 saturated carbocycles. The van der Waals surface area contributed by atoms with E-state index in [0.717, 1.165) is 26.4 Å². The number of pyridine rings is 1. The SMILES string of the molecule is N#CC1=C(N)Oc2ccc3cc(Br)ccc3c2[C@@H]1c1ccncc1. The molecule has 24 heavy (non-hydrogen) atoms. The van der Waals surface area contributed by atoms with Gasteiger partial charge in [0.15, 0.2) is 0 Å². The summed E-state index contributed by atoms with van der Waals surface area (Å²) in [6, 6.07) is 16.0. The lowest BCUT2D eigenvalue weighted by molar-refractivity contribution is 0.395. The minimum atomic E-state index is -0.272. The Bertz CT molecular complexity index is 1020. The Morgan fingerprint density at radius 3 is 2.67 bits per heavy atom. The lowest BCUT2D eigenvalue weighted by Gasteiger charge is -2.27. The molecule has 2 aromatic carbocycles. The molecule has 1 atom stereocenters. The molecule has 2 heterocycles. The first-order chi connectivity index (χ1) is 11.7. The average molecular weight is 378 g/mol. The van der Waals surface area contributed by atoms with Gasteiger partial charge < -0.3 is 10.5 Å². The van der Waals surface area contributed by atoms with E-state index in [-0.39, 0.29) is 11.8 Å². The third-order valence-electron chi connectivity index (χ3n) is 4.21. The zero-order valence-corrected chi connectivity index (χ0v) is 14.1. The number of fused-ring (bicyclic) bond motifs is 3. The highest BCUT2D eigenvalue weighted by atomic mass is 79.9. The highest BCUT2D eigenvalue weighted by Crippen LogP contribution is 2.45. The third-order valence-corrected chi connectivity index (χ3v) is 4.70. The molecule has 5 heteroatoms. The maximum atomic E-state index is 9.64. The molecule has 0 unspecified atom stereocenters. The van der Waals surface area contributed by atoms with Crippen LogP contribution in [0.1, 0.15) is 17.0 Å². The van der Waals surface area contributed by atoms with Crippen molar-refractivity contribution in [3.63, 3.8) is 0 Å². The molecule has 0 bridgehead atoms. The molecular weight excluding hydrogens is 366 g/mol. The number of hydrogen-bond donors (Lipinski definition) is 1. The summed E-state index contributed by atoms with van der Waals surface area (Å²) >= 11 is 3.50. The van der Waals surface area contributed by atoms with Crippen molar-refractivity contribution >= 4 is 26.7 Å². The van der Waals surface area contributed by atoms with Gasteiger partial charge in [0.1, 0.15) is 17.4 Å². The molecule has 0 radical (unpaired) electrons. The molecule has 1 aliphatic rings. The number of nitriles is 1. The van der Waals surface area contributed by atoms with Crippen LogP contribution in [0.3, 0.4) is 0 Å². The lowest BCUT2D eigenvalue weighted by atomic mass is 9.81. The van der Waals surface area contributed by atoms with E-state index >= 15 is 0 Å². The van der Waals surface area contributed by atoms with E-state index in [9.17, 15) is 5.26 Å². The Labute approximate surface area is 147 Å². The van der Waals surface area contributed by atoms with Crippen LogP contribution in [0.5, 0.6) is 5.75 Å². The fraction of sp³-hybridized carbons (Fsp3) is 0.0526. The first-order valence-corrected chi connectivity index (χ1v) is 8.18. The van der Waals surface area contributed by atoms with E-state index in [0.29, 0.717) is 11.3 Å². The normalized spacial score (nSPS) is 16.4. The second-order valence-electron chi connectivity index (χ2n) is 5.55. The summed E-state index contributed by atoms with van der Waals surface area (Å²) in [5.74, 6) is 0.568. The zero-order valence-electron chi connectivity index (χ0n) is 12.5. The van der Waals surface area contributed by atoms with E-state index in [1.165, 1.54) is 0 Å². The summed E-state index contributed by atoms with van der Waals surface area (Å²) in [5, 5.41) is 11.8. The van der Waals surface area contributed by atoms with Crippen molar-refractivity contribution in [3.8, 4) is 11.8 Å². The molecule has 0 saturated heterocycles. The quantitative estimate of drug-likeness (QED) is 0.688. The number of aromatic nitrogens is 1. The molecule has 2 N–H and O–H groups in total. The maximum Gasteiger partial charge on any atom is 0.205 e. The van der Waals surface area contributed by atoms with Crippen LogP contribution >= 0.6 is 15.9 Å². The van der Waals surface area contributed by atoms with Crippen LogP contribution in [-0.4, -0.2) is 4.98 Å². The molecule has 4 nitrogen and oxygen atoms in total. The molecule has 0 amide bonds. The zero-order chi connectivity index (χ0) is 16.7. The number of nitrogens with two attached hydrogens (primary N) is 1. The largest absolute Gasteiger partial charge is 0.440 e. The van der Waals surface area contributed by atoms with Crippen molar-refractivity contribution < 1.29 is 4.74 Å². The van der Waals surface area contributed by atoms with Gasteiger partial charge in [0, 0.05) is 22.4 Å². The lowest BCUT2D eigenvalue weighted by Crippen LogP contribution is -2.21. The number of ether oxygens (including phenoxy) is 1. The Hall–Kier alpha value is -2.84. The maximum absolute atomic E-state index is 9.64. The summed E-state index contributed by atoms with van der Waals surface area (Å²) < 4.78 is 6.74. The molecule has 4 rings (SSSR count). The molecular formula is C19H12BrN3O. The molecule has 0 aliphatic carbocycles. The van der Waals surface area contributed by atoms with Crippen LogP contribution < -0.4 is 10.5 Å². The molecule has 1 aliphatic heterocycles. The summed E-state index contributed by atoms with van der Waals surface area (Å²) in [6.07, 6.45) is 3.44. The first-order valence-electron chi connectivity index (χ1n) is 7.38. The van der Waals surface area contributed by atoms with Crippen LogP contribution in [-0.2, 0) is 0 Å². The van der Waals surface area contributed by atoms with E-state index in [1.54, 1.807) is 12.4 Å². The monoisotopic (exact) mass is 377 g/mol. The van der Waals surface area contributed by atoms with Gasteiger partial charge in [0.25, 0.3) is 0 Å². The summed E-state index contributed by atoms with van der Waals surface area (Å²) in [7, 11) is 0. The predicted molar refractivity (Wildman–Crippen MR) is 95.2 cm³/mol. The van der Waals surface area contributed by atoms with Crippen molar-refractivity contribution in [1.82, 2.24) is 4.98 Å². The van der Waals surface area contributed by atoms with Gasteiger partial charge in [-0.2, -0.15) is 5.26 Å². The van der Waals surface area contributed by atoms with Crippen molar-refractivity contribution in [1.29, 1.82) is 5.26 Å². The summed E-state index contributed by atoms with van der Waals surface area (Å²) in [5.41, 5.74) is 8.35. The number of nitrogens with zero attached hydrogens (tertiary/aromatic N) is 2. The molecule has 0 fully saturated rings. The second-order valence-corrected chi connectivity index (χ2v) is 6.46. The van der Waals surface area contributed by atoms with Crippen molar-refractivity contribution in [2.45, 2.75) is 5.92 Å². The Morgan fingerprint density at radius 2 is 1.92 bits per heavy atom. The highest BCUT2D eigenvalue weighted by Gasteiger charge is 2.32. The second kappa shape index (κ2) is 5.66. The van der Waals surface area contributed by atoms with Gasteiger partial charge in [-0.25, -0.2) is 0 Å². The van der Waals surface area contributed by atoms with Crippen LogP contribution in [0.25, 0.3) is 10.8 Å². The average Bonchev–Trinajstić information content (AvgIpc) is 2.61. The topological polar surface area (TPSA) is 71.9 Å². The number of halogens is 1. The minimum Gasteiger partial charge on any atom is -0.440 e. The third kappa shape index (κ3) is 2.24. The van der Waals surface area contributed by atoms with Gasteiger partial charge in [0.2, 0.25) is 5.88 Å². The molecule has 1 aromatic heterocycles. The van der Waals surface area contributed by atoms with Gasteiger partial charge in [0.05, 0.1) is 5.92 Å². The Balaban J connectivity index is 2.07. The van der Waals surface area contributed by atoms with E-state index < -0.39 is 0 Å². The Kier molecular flexibility index (Phi) is 3.47. The fourth-order valence-electron chi connectivity index (χ4n) is 3.16. The fourth-order valence-corrected chi connectivity index (χ4v) is 3.54. The number of allylic oxidation sites excluding steroid dienone is 1. The van der Waals surface area contributed by atoms with Crippen molar-refractivity contribution in [2.75, 3.05) is 0 Å². The van der Waals surface area contributed by atoms with Gasteiger partial charge in [-0.3, -0.25) is 4.98 Å². The van der Waals surface area contributed by atoms with Gasteiger partial charge in [-0.15, -0.1) is 0 Å². The van der Waals surface area contributed by atoms with Crippen molar-refractivity contribution in [2.24, 2.45) is 5.73 Å². The van der Waals surface area contributed by atoms with Crippen LogP contribution in [0.2, 0.25) is 0 Å². The Morgan fingerprint density at radius 1 is 1.12 bits per heavy atom. The van der Waals surface area contributed by atoms with E-state index in [2.05, 4.69) is 27.0 Å². The number of rotatable bonds is 1. The smallest absolute Gasteiger partial charge is 0.205 e. The van der Waals surface area contributed by atoms with Crippen LogP contribution in [0.4, 0.5) is 0 Å². The number of benzene rings is 2.